The fraction of sp³-hybridized carbons (Fsp3) is 0.389. The van der Waals surface area contributed by atoms with Crippen LogP contribution in [0.1, 0.15) is 35.2 Å². The third-order valence-electron chi connectivity index (χ3n) is 4.57. The zero-order valence-electron chi connectivity index (χ0n) is 16.7. The van der Waals surface area contributed by atoms with Gasteiger partial charge in [0.05, 0.1) is 40.2 Å². The second kappa shape index (κ2) is 8.48. The van der Waals surface area contributed by atoms with E-state index in [9.17, 15) is 9.59 Å². The lowest BCUT2D eigenvalue weighted by Crippen LogP contribution is -2.21. The van der Waals surface area contributed by atoms with Crippen molar-refractivity contribution in [2.24, 2.45) is 7.05 Å². The van der Waals surface area contributed by atoms with Gasteiger partial charge in [-0.3, -0.25) is 23.6 Å². The second-order valence-electron chi connectivity index (χ2n) is 6.57. The fourth-order valence-corrected chi connectivity index (χ4v) is 2.95. The summed E-state index contributed by atoms with van der Waals surface area (Å²) in [5.74, 6) is -0.623. The van der Waals surface area contributed by atoms with Gasteiger partial charge in [0, 0.05) is 32.8 Å². The highest BCUT2D eigenvalue weighted by atomic mass is 35.5. The van der Waals surface area contributed by atoms with Gasteiger partial charge in [0.15, 0.2) is 0 Å². The van der Waals surface area contributed by atoms with Gasteiger partial charge in [0.25, 0.3) is 5.91 Å². The third kappa shape index (κ3) is 4.48. The number of hydrogen-bond donors (Lipinski definition) is 2. The Hall–Kier alpha value is -3.14. The number of aryl methyl sites for hydroxylation is 4. The Morgan fingerprint density at radius 2 is 1.86 bits per heavy atom. The van der Waals surface area contributed by atoms with Gasteiger partial charge in [-0.1, -0.05) is 11.6 Å². The van der Waals surface area contributed by atoms with Gasteiger partial charge in [-0.25, -0.2) is 0 Å². The van der Waals surface area contributed by atoms with E-state index >= 15 is 0 Å². The van der Waals surface area contributed by atoms with Crippen molar-refractivity contribution in [1.82, 2.24) is 29.3 Å². The Morgan fingerprint density at radius 1 is 1.14 bits per heavy atom. The van der Waals surface area contributed by atoms with E-state index in [0.717, 1.165) is 5.69 Å². The lowest BCUT2D eigenvalue weighted by Gasteiger charge is -2.10. The normalized spacial score (nSPS) is 10.9. The fourth-order valence-electron chi connectivity index (χ4n) is 2.80. The molecule has 29 heavy (non-hydrogen) atoms. The van der Waals surface area contributed by atoms with Crippen molar-refractivity contribution < 1.29 is 9.59 Å². The summed E-state index contributed by atoms with van der Waals surface area (Å²) in [5, 5.41) is 18.7. The summed E-state index contributed by atoms with van der Waals surface area (Å²) in [6.45, 7) is 6.38. The van der Waals surface area contributed by atoms with Gasteiger partial charge in [0.1, 0.15) is 5.69 Å². The van der Waals surface area contributed by atoms with Crippen molar-refractivity contribution >= 4 is 34.8 Å². The highest BCUT2D eigenvalue weighted by Gasteiger charge is 2.21. The minimum Gasteiger partial charge on any atom is -0.323 e. The molecule has 0 saturated heterocycles. The minimum atomic E-state index is -0.370. The van der Waals surface area contributed by atoms with Gasteiger partial charge >= 0.3 is 0 Å². The van der Waals surface area contributed by atoms with Crippen LogP contribution in [0.15, 0.2) is 18.6 Å². The standard InChI is InChI=1S/C18H23ClN8O2/c1-5-27-17(18(29)23-14-8-20-25(4)12(14)3)15(9-21-27)22-16(28)6-7-26-10-13(19)11(2)24-26/h8-10H,5-7H2,1-4H3,(H,22,28)(H,23,29). The van der Waals surface area contributed by atoms with E-state index in [1.807, 2.05) is 13.8 Å². The smallest absolute Gasteiger partial charge is 0.276 e. The van der Waals surface area contributed by atoms with Crippen LogP contribution in [0.3, 0.4) is 0 Å². The molecule has 0 unspecified atom stereocenters. The van der Waals surface area contributed by atoms with E-state index in [2.05, 4.69) is 25.9 Å². The molecule has 0 aliphatic carbocycles. The zero-order valence-corrected chi connectivity index (χ0v) is 17.5. The number of carbonyl (C=O) groups is 2. The number of nitrogens with one attached hydrogen (secondary N) is 2. The Bertz CT molecular complexity index is 1030. The van der Waals surface area contributed by atoms with Crippen LogP contribution in [-0.4, -0.2) is 41.2 Å². The van der Waals surface area contributed by atoms with Gasteiger partial charge in [-0.05, 0) is 20.8 Å². The molecule has 0 atom stereocenters. The van der Waals surface area contributed by atoms with Crippen molar-refractivity contribution in [1.29, 1.82) is 0 Å². The molecule has 3 aromatic rings. The van der Waals surface area contributed by atoms with Crippen molar-refractivity contribution in [2.45, 2.75) is 40.3 Å². The molecule has 3 rings (SSSR count). The van der Waals surface area contributed by atoms with E-state index < -0.39 is 0 Å². The van der Waals surface area contributed by atoms with Crippen molar-refractivity contribution in [3.05, 3.63) is 40.7 Å². The summed E-state index contributed by atoms with van der Waals surface area (Å²) in [6.07, 6.45) is 4.91. The lowest BCUT2D eigenvalue weighted by molar-refractivity contribution is -0.116. The van der Waals surface area contributed by atoms with Crippen molar-refractivity contribution in [3.63, 3.8) is 0 Å². The van der Waals surface area contributed by atoms with Crippen molar-refractivity contribution in [3.8, 4) is 0 Å². The maximum Gasteiger partial charge on any atom is 0.276 e. The van der Waals surface area contributed by atoms with Crippen LogP contribution in [0, 0.1) is 13.8 Å². The molecular weight excluding hydrogens is 396 g/mol. The quantitative estimate of drug-likeness (QED) is 0.611. The topological polar surface area (TPSA) is 112 Å². The summed E-state index contributed by atoms with van der Waals surface area (Å²) in [7, 11) is 1.79. The molecule has 0 saturated carbocycles. The first-order valence-electron chi connectivity index (χ1n) is 9.15. The predicted octanol–water partition coefficient (Wildman–Crippen LogP) is 2.38. The number of rotatable bonds is 7. The number of hydrogen-bond acceptors (Lipinski definition) is 5. The van der Waals surface area contributed by atoms with Crippen LogP contribution in [0.25, 0.3) is 0 Å². The number of anilines is 2. The molecule has 0 aliphatic heterocycles. The number of carbonyl (C=O) groups excluding carboxylic acids is 2. The molecule has 11 heteroatoms. The predicted molar refractivity (Wildman–Crippen MR) is 109 cm³/mol. The van der Waals surface area contributed by atoms with E-state index in [-0.39, 0.29) is 23.9 Å². The summed E-state index contributed by atoms with van der Waals surface area (Å²) in [4.78, 5) is 25.2. The van der Waals surface area contributed by atoms with Gasteiger partial charge in [0.2, 0.25) is 5.91 Å². The maximum atomic E-state index is 12.8. The molecule has 10 nitrogen and oxygen atoms in total. The van der Waals surface area contributed by atoms with E-state index in [1.54, 1.807) is 35.7 Å². The van der Waals surface area contributed by atoms with E-state index in [0.29, 0.717) is 35.2 Å². The first kappa shape index (κ1) is 20.6. The summed E-state index contributed by atoms with van der Waals surface area (Å²) in [6, 6.07) is 0. The molecular formula is C18H23ClN8O2. The monoisotopic (exact) mass is 418 g/mol. The van der Waals surface area contributed by atoms with Gasteiger partial charge in [-0.15, -0.1) is 0 Å². The van der Waals surface area contributed by atoms with Crippen LogP contribution in [-0.2, 0) is 24.9 Å². The first-order chi connectivity index (χ1) is 13.8. The lowest BCUT2D eigenvalue weighted by atomic mass is 10.3. The zero-order chi connectivity index (χ0) is 21.1. The third-order valence-corrected chi connectivity index (χ3v) is 4.94. The number of amides is 2. The van der Waals surface area contributed by atoms with Crippen LogP contribution in [0.5, 0.6) is 0 Å². The number of nitrogens with zero attached hydrogens (tertiary/aromatic N) is 6. The molecule has 0 aliphatic rings. The molecule has 2 N–H and O–H groups in total. The Balaban J connectivity index is 1.71. The molecule has 3 aromatic heterocycles. The molecule has 2 amide bonds. The van der Waals surface area contributed by atoms with Crippen LogP contribution in [0.2, 0.25) is 5.02 Å². The molecule has 3 heterocycles. The van der Waals surface area contributed by atoms with E-state index in [4.69, 9.17) is 11.6 Å². The second-order valence-corrected chi connectivity index (χ2v) is 6.97. The van der Waals surface area contributed by atoms with Crippen LogP contribution in [0.4, 0.5) is 11.4 Å². The SMILES string of the molecule is CCn1ncc(NC(=O)CCn2cc(Cl)c(C)n2)c1C(=O)Nc1cnn(C)c1C. The maximum absolute atomic E-state index is 12.8. The first-order valence-corrected chi connectivity index (χ1v) is 9.53. The molecule has 0 spiro atoms. The average molecular weight is 419 g/mol. The number of aromatic nitrogens is 6. The van der Waals surface area contributed by atoms with Gasteiger partial charge < -0.3 is 10.6 Å². The Kier molecular flexibility index (Phi) is 6.02. The summed E-state index contributed by atoms with van der Waals surface area (Å²) >= 11 is 5.98. The van der Waals surface area contributed by atoms with Gasteiger partial charge in [-0.2, -0.15) is 15.3 Å². The van der Waals surface area contributed by atoms with E-state index in [1.165, 1.54) is 10.9 Å². The van der Waals surface area contributed by atoms with Crippen molar-refractivity contribution in [2.75, 3.05) is 10.6 Å². The summed E-state index contributed by atoms with van der Waals surface area (Å²) in [5.41, 5.74) is 2.76. The summed E-state index contributed by atoms with van der Waals surface area (Å²) < 4.78 is 4.82. The highest BCUT2D eigenvalue weighted by molar-refractivity contribution is 6.31. The molecule has 0 fully saturated rings. The van der Waals surface area contributed by atoms with Crippen LogP contribution >= 0.6 is 11.6 Å². The molecule has 154 valence electrons. The number of halogens is 1. The average Bonchev–Trinajstić information content (AvgIpc) is 3.33. The molecule has 0 radical (unpaired) electrons. The largest absolute Gasteiger partial charge is 0.323 e. The Labute approximate surface area is 172 Å². The minimum absolute atomic E-state index is 0.178. The van der Waals surface area contributed by atoms with Crippen LogP contribution < -0.4 is 10.6 Å². The Morgan fingerprint density at radius 3 is 2.45 bits per heavy atom. The highest BCUT2D eigenvalue weighted by Crippen LogP contribution is 2.20. The molecule has 0 bridgehead atoms. The molecule has 0 aromatic carbocycles.